The molecule has 0 aliphatic heterocycles. The van der Waals surface area contributed by atoms with Crippen molar-refractivity contribution in [1.82, 2.24) is 14.8 Å². The molecule has 8 heteroatoms. The molecule has 0 atom stereocenters. The van der Waals surface area contributed by atoms with E-state index in [0.717, 1.165) is 11.3 Å². The van der Waals surface area contributed by atoms with Gasteiger partial charge < -0.3 is 4.42 Å². The first kappa shape index (κ1) is 17.0. The maximum absolute atomic E-state index is 11.0. The summed E-state index contributed by atoms with van der Waals surface area (Å²) >= 11 is 1.46. The number of benzene rings is 2. The van der Waals surface area contributed by atoms with Crippen LogP contribution in [0.3, 0.4) is 0 Å². The van der Waals surface area contributed by atoms with Crippen LogP contribution >= 0.6 is 11.8 Å². The van der Waals surface area contributed by atoms with Crippen LogP contribution in [0.25, 0.3) is 17.3 Å². The smallest absolute Gasteiger partial charge is 0.269 e. The van der Waals surface area contributed by atoms with Gasteiger partial charge in [-0.3, -0.25) is 14.7 Å². The molecule has 0 radical (unpaired) electrons. The highest BCUT2D eigenvalue weighted by Crippen LogP contribution is 2.30. The number of furan rings is 1. The minimum Gasteiger partial charge on any atom is -0.461 e. The summed E-state index contributed by atoms with van der Waals surface area (Å²) in [6.07, 6.45) is 1.59. The minimum absolute atomic E-state index is 0.0777. The molecule has 134 valence electrons. The van der Waals surface area contributed by atoms with Gasteiger partial charge in [0.1, 0.15) is 0 Å². The summed E-state index contributed by atoms with van der Waals surface area (Å²) in [5.74, 6) is 1.76. The summed E-state index contributed by atoms with van der Waals surface area (Å²) < 4.78 is 7.41. The molecule has 0 saturated heterocycles. The van der Waals surface area contributed by atoms with Crippen molar-refractivity contribution in [2.75, 3.05) is 0 Å². The van der Waals surface area contributed by atoms with E-state index in [-0.39, 0.29) is 5.69 Å². The average molecular weight is 378 g/mol. The molecule has 7 nitrogen and oxygen atoms in total. The Kier molecular flexibility index (Phi) is 4.71. The third-order valence-electron chi connectivity index (χ3n) is 3.88. The molecule has 0 aliphatic carbocycles. The molecule has 0 fully saturated rings. The topological polar surface area (TPSA) is 87.0 Å². The number of para-hydroxylation sites is 1. The number of nitro groups is 1. The fourth-order valence-corrected chi connectivity index (χ4v) is 3.54. The zero-order valence-corrected chi connectivity index (χ0v) is 14.9. The lowest BCUT2D eigenvalue weighted by molar-refractivity contribution is -0.384. The van der Waals surface area contributed by atoms with Gasteiger partial charge in [0, 0.05) is 23.6 Å². The number of hydrogen-bond donors (Lipinski definition) is 0. The Morgan fingerprint density at radius 3 is 2.63 bits per heavy atom. The van der Waals surface area contributed by atoms with Crippen LogP contribution in [0.5, 0.6) is 0 Å². The first-order valence-corrected chi connectivity index (χ1v) is 9.12. The second-order valence-electron chi connectivity index (χ2n) is 5.67. The van der Waals surface area contributed by atoms with Crippen LogP contribution in [0.2, 0.25) is 0 Å². The maximum atomic E-state index is 11.0. The van der Waals surface area contributed by atoms with Crippen LogP contribution in [0.15, 0.2) is 82.6 Å². The SMILES string of the molecule is O=[N+]([O-])c1cccc(CSc2nnc(-c3ccco3)n2-c2ccccc2)c1. The summed E-state index contributed by atoms with van der Waals surface area (Å²) in [5.41, 5.74) is 1.83. The second-order valence-corrected chi connectivity index (χ2v) is 6.61. The molecule has 0 spiro atoms. The van der Waals surface area contributed by atoms with Crippen LogP contribution < -0.4 is 0 Å². The number of nitro benzene ring substituents is 1. The van der Waals surface area contributed by atoms with Gasteiger partial charge in [-0.15, -0.1) is 10.2 Å². The van der Waals surface area contributed by atoms with Crippen molar-refractivity contribution in [1.29, 1.82) is 0 Å². The largest absolute Gasteiger partial charge is 0.461 e. The quantitative estimate of drug-likeness (QED) is 0.274. The fourth-order valence-electron chi connectivity index (χ4n) is 2.65. The van der Waals surface area contributed by atoms with E-state index in [4.69, 9.17) is 4.42 Å². The van der Waals surface area contributed by atoms with E-state index in [1.54, 1.807) is 24.5 Å². The Balaban J connectivity index is 1.67. The molecule has 2 aromatic carbocycles. The lowest BCUT2D eigenvalue weighted by atomic mass is 10.2. The van der Waals surface area contributed by atoms with Gasteiger partial charge in [0.15, 0.2) is 10.9 Å². The molecule has 27 heavy (non-hydrogen) atoms. The lowest BCUT2D eigenvalue weighted by Crippen LogP contribution is -1.99. The van der Waals surface area contributed by atoms with Crippen molar-refractivity contribution in [2.24, 2.45) is 0 Å². The Bertz CT molecular complexity index is 1060. The monoisotopic (exact) mass is 378 g/mol. The number of thioether (sulfide) groups is 1. The van der Waals surface area contributed by atoms with E-state index in [1.165, 1.54) is 17.8 Å². The number of non-ortho nitro benzene ring substituents is 1. The average Bonchev–Trinajstić information content (AvgIpc) is 3.37. The van der Waals surface area contributed by atoms with E-state index < -0.39 is 4.92 Å². The third kappa shape index (κ3) is 3.61. The van der Waals surface area contributed by atoms with Crippen LogP contribution in [-0.2, 0) is 5.75 Å². The summed E-state index contributed by atoms with van der Waals surface area (Å²) in [6.45, 7) is 0. The van der Waals surface area contributed by atoms with E-state index in [9.17, 15) is 10.1 Å². The van der Waals surface area contributed by atoms with Crippen LogP contribution in [0.1, 0.15) is 5.56 Å². The highest BCUT2D eigenvalue weighted by Gasteiger charge is 2.18. The molecule has 2 heterocycles. The summed E-state index contributed by atoms with van der Waals surface area (Å²) in [4.78, 5) is 10.6. The molecule has 0 unspecified atom stereocenters. The highest BCUT2D eigenvalue weighted by atomic mass is 32.2. The van der Waals surface area contributed by atoms with Crippen molar-refractivity contribution in [3.63, 3.8) is 0 Å². The molecular formula is C19H14N4O3S. The van der Waals surface area contributed by atoms with Crippen molar-refractivity contribution < 1.29 is 9.34 Å². The number of aromatic nitrogens is 3. The Hall–Kier alpha value is -3.39. The number of rotatable bonds is 6. The number of nitrogens with zero attached hydrogens (tertiary/aromatic N) is 4. The van der Waals surface area contributed by atoms with Gasteiger partial charge in [0.05, 0.1) is 11.2 Å². The number of hydrogen-bond acceptors (Lipinski definition) is 6. The van der Waals surface area contributed by atoms with Crippen LogP contribution in [0, 0.1) is 10.1 Å². The molecular weight excluding hydrogens is 364 g/mol. The van der Waals surface area contributed by atoms with Gasteiger partial charge in [0.25, 0.3) is 5.69 Å². The van der Waals surface area contributed by atoms with Gasteiger partial charge in [-0.1, -0.05) is 42.1 Å². The van der Waals surface area contributed by atoms with E-state index in [1.807, 2.05) is 47.0 Å². The molecule has 0 bridgehead atoms. The van der Waals surface area contributed by atoms with Crippen molar-refractivity contribution in [2.45, 2.75) is 10.9 Å². The third-order valence-corrected chi connectivity index (χ3v) is 4.88. The molecule has 0 aliphatic rings. The van der Waals surface area contributed by atoms with Gasteiger partial charge >= 0.3 is 0 Å². The van der Waals surface area contributed by atoms with E-state index in [0.29, 0.717) is 22.5 Å². The summed E-state index contributed by atoms with van der Waals surface area (Å²) in [6, 6.07) is 20.0. The van der Waals surface area contributed by atoms with E-state index in [2.05, 4.69) is 10.2 Å². The van der Waals surface area contributed by atoms with Gasteiger partial charge in [-0.25, -0.2) is 0 Å². The molecule has 0 N–H and O–H groups in total. The Morgan fingerprint density at radius 2 is 1.89 bits per heavy atom. The standard InChI is InChI=1S/C19H14N4O3S/c24-23(25)16-9-4-6-14(12-16)13-27-19-21-20-18(17-10-5-11-26-17)22(19)15-7-2-1-3-8-15/h1-12H,13H2. The lowest BCUT2D eigenvalue weighted by Gasteiger charge is -2.09. The van der Waals surface area contributed by atoms with Crippen molar-refractivity contribution >= 4 is 17.4 Å². The Morgan fingerprint density at radius 1 is 1.04 bits per heavy atom. The highest BCUT2D eigenvalue weighted by molar-refractivity contribution is 7.98. The predicted molar refractivity (Wildman–Crippen MR) is 102 cm³/mol. The van der Waals surface area contributed by atoms with Gasteiger partial charge in [-0.05, 0) is 29.8 Å². The zero-order valence-electron chi connectivity index (χ0n) is 14.1. The fraction of sp³-hybridized carbons (Fsp3) is 0.0526. The molecule has 0 amide bonds. The summed E-state index contributed by atoms with van der Waals surface area (Å²) in [7, 11) is 0. The van der Waals surface area contributed by atoms with Crippen molar-refractivity contribution in [3.8, 4) is 17.3 Å². The molecule has 0 saturated carbocycles. The molecule has 2 aromatic heterocycles. The van der Waals surface area contributed by atoms with Crippen LogP contribution in [0.4, 0.5) is 5.69 Å². The van der Waals surface area contributed by atoms with Crippen molar-refractivity contribution in [3.05, 3.63) is 88.7 Å². The zero-order chi connectivity index (χ0) is 18.6. The second kappa shape index (κ2) is 7.46. The maximum Gasteiger partial charge on any atom is 0.269 e. The van der Waals surface area contributed by atoms with E-state index >= 15 is 0 Å². The first-order chi connectivity index (χ1) is 13.2. The van der Waals surface area contributed by atoms with Gasteiger partial charge in [-0.2, -0.15) is 0 Å². The summed E-state index contributed by atoms with van der Waals surface area (Å²) in [5, 5.41) is 20.2. The molecule has 4 rings (SSSR count). The molecule has 4 aromatic rings. The first-order valence-electron chi connectivity index (χ1n) is 8.13. The predicted octanol–water partition coefficient (Wildman–Crippen LogP) is 4.73. The van der Waals surface area contributed by atoms with Gasteiger partial charge in [0.2, 0.25) is 5.82 Å². The minimum atomic E-state index is -0.393. The van der Waals surface area contributed by atoms with Crippen LogP contribution in [-0.4, -0.2) is 19.7 Å². The Labute approximate surface area is 158 Å². The normalized spacial score (nSPS) is 10.8.